The Hall–Kier alpha value is -1.56. The minimum absolute atomic E-state index is 0.659. The molecule has 18 heavy (non-hydrogen) atoms. The molecule has 0 aromatic heterocycles. The molecule has 0 aliphatic carbocycles. The Balaban J connectivity index is 2.09. The molecule has 0 amide bonds. The molecule has 0 bridgehead atoms. The van der Waals surface area contributed by atoms with Gasteiger partial charge in [0, 0.05) is 0 Å². The Morgan fingerprint density at radius 2 is 1.39 bits per heavy atom. The van der Waals surface area contributed by atoms with E-state index >= 15 is 0 Å². The Bertz CT molecular complexity index is 444. The lowest BCUT2D eigenvalue weighted by atomic mass is 9.82. The molecule has 0 N–H and O–H groups in total. The minimum Gasteiger partial charge on any atom is -0.0648 e. The monoisotopic (exact) mass is 238 g/mol. The third-order valence-corrected chi connectivity index (χ3v) is 3.75. The fraction of sp³-hybridized carbons (Fsp3) is 0.333. The van der Waals surface area contributed by atoms with Crippen molar-refractivity contribution in [2.45, 2.75) is 32.6 Å². The topological polar surface area (TPSA) is 0 Å². The lowest BCUT2D eigenvalue weighted by Crippen LogP contribution is -2.11. The molecule has 0 fully saturated rings. The third-order valence-electron chi connectivity index (χ3n) is 3.75. The van der Waals surface area contributed by atoms with Crippen molar-refractivity contribution in [1.82, 2.24) is 0 Å². The Morgan fingerprint density at radius 3 is 1.94 bits per heavy atom. The van der Waals surface area contributed by atoms with Crippen molar-refractivity contribution in [2.24, 2.45) is 5.92 Å². The van der Waals surface area contributed by atoms with Crippen molar-refractivity contribution in [3.05, 3.63) is 71.8 Å². The highest BCUT2D eigenvalue weighted by Crippen LogP contribution is 2.30. The lowest BCUT2D eigenvalue weighted by Gasteiger charge is -2.23. The molecule has 0 heterocycles. The van der Waals surface area contributed by atoms with Crippen LogP contribution in [0.2, 0.25) is 0 Å². The van der Waals surface area contributed by atoms with Crippen LogP contribution in [0.4, 0.5) is 0 Å². The van der Waals surface area contributed by atoms with E-state index in [2.05, 4.69) is 74.5 Å². The third kappa shape index (κ3) is 3.22. The summed E-state index contributed by atoms with van der Waals surface area (Å²) in [6.07, 6.45) is 2.37. The second-order valence-electron chi connectivity index (χ2n) is 5.09. The zero-order valence-corrected chi connectivity index (χ0v) is 11.3. The van der Waals surface area contributed by atoms with Gasteiger partial charge in [0.05, 0.1) is 0 Å². The maximum absolute atomic E-state index is 2.37. The highest BCUT2D eigenvalue weighted by molar-refractivity contribution is 5.22. The average Bonchev–Trinajstić information content (AvgIpc) is 2.42. The summed E-state index contributed by atoms with van der Waals surface area (Å²) in [5, 5.41) is 0. The molecule has 2 aromatic carbocycles. The smallest absolute Gasteiger partial charge is 0.0136 e. The Kier molecular flexibility index (Phi) is 4.58. The van der Waals surface area contributed by atoms with E-state index in [4.69, 9.17) is 0 Å². The highest BCUT2D eigenvalue weighted by Gasteiger charge is 2.17. The molecule has 0 saturated heterocycles. The van der Waals surface area contributed by atoms with E-state index in [1.807, 2.05) is 0 Å². The molecule has 2 aromatic rings. The van der Waals surface area contributed by atoms with E-state index in [-0.39, 0.29) is 0 Å². The van der Waals surface area contributed by atoms with Gasteiger partial charge in [-0.3, -0.25) is 0 Å². The van der Waals surface area contributed by atoms with Gasteiger partial charge in [-0.2, -0.15) is 0 Å². The van der Waals surface area contributed by atoms with Gasteiger partial charge >= 0.3 is 0 Å². The van der Waals surface area contributed by atoms with E-state index in [1.165, 1.54) is 17.5 Å². The second kappa shape index (κ2) is 6.39. The molecule has 0 saturated carbocycles. The summed E-state index contributed by atoms with van der Waals surface area (Å²) in [6.45, 7) is 4.66. The second-order valence-corrected chi connectivity index (χ2v) is 5.09. The first-order valence-corrected chi connectivity index (χ1v) is 6.90. The van der Waals surface area contributed by atoms with Gasteiger partial charge in [-0.05, 0) is 35.8 Å². The van der Waals surface area contributed by atoms with Crippen LogP contribution in [-0.2, 0) is 6.42 Å². The van der Waals surface area contributed by atoms with Crippen LogP contribution in [0.5, 0.6) is 0 Å². The zero-order valence-electron chi connectivity index (χ0n) is 11.3. The number of benzene rings is 2. The maximum atomic E-state index is 2.37. The van der Waals surface area contributed by atoms with Crippen LogP contribution in [-0.4, -0.2) is 0 Å². The van der Waals surface area contributed by atoms with Crippen molar-refractivity contribution in [3.8, 4) is 0 Å². The van der Waals surface area contributed by atoms with E-state index in [0.29, 0.717) is 11.8 Å². The molecule has 2 unspecified atom stereocenters. The largest absolute Gasteiger partial charge is 0.0648 e. The molecule has 0 aliphatic rings. The van der Waals surface area contributed by atoms with Gasteiger partial charge in [0.15, 0.2) is 0 Å². The molecule has 94 valence electrons. The normalized spacial score (nSPS) is 14.1. The summed E-state index contributed by atoms with van der Waals surface area (Å²) in [6, 6.07) is 21.7. The summed E-state index contributed by atoms with van der Waals surface area (Å²) in [5.74, 6) is 1.34. The van der Waals surface area contributed by atoms with Gasteiger partial charge in [-0.1, -0.05) is 74.5 Å². The van der Waals surface area contributed by atoms with Crippen LogP contribution in [0.1, 0.15) is 37.3 Å². The van der Waals surface area contributed by atoms with Gasteiger partial charge < -0.3 is 0 Å². The molecule has 0 spiro atoms. The molecular weight excluding hydrogens is 216 g/mol. The number of hydrogen-bond donors (Lipinski definition) is 0. The maximum Gasteiger partial charge on any atom is -0.0136 e. The van der Waals surface area contributed by atoms with Gasteiger partial charge in [0.1, 0.15) is 0 Å². The first-order valence-electron chi connectivity index (χ1n) is 6.90. The predicted molar refractivity (Wildman–Crippen MR) is 78.8 cm³/mol. The molecule has 0 heteroatoms. The average molecular weight is 238 g/mol. The minimum atomic E-state index is 0.659. The molecule has 2 atom stereocenters. The van der Waals surface area contributed by atoms with Crippen LogP contribution in [0.15, 0.2) is 60.7 Å². The molecule has 0 radical (unpaired) electrons. The van der Waals surface area contributed by atoms with E-state index < -0.39 is 0 Å². The first-order chi connectivity index (χ1) is 8.81. The fourth-order valence-corrected chi connectivity index (χ4v) is 2.79. The van der Waals surface area contributed by atoms with E-state index in [9.17, 15) is 0 Å². The Morgan fingerprint density at radius 1 is 0.833 bits per heavy atom. The standard InChI is InChI=1S/C18H22/c1-3-18(17-12-8-5-9-13-17)15(2)14-16-10-6-4-7-11-16/h4-13,15,18H,3,14H2,1-2H3. The van der Waals surface area contributed by atoms with Gasteiger partial charge in [0.25, 0.3) is 0 Å². The zero-order chi connectivity index (χ0) is 12.8. The molecule has 0 aliphatic heterocycles. The van der Waals surface area contributed by atoms with Crippen LogP contribution >= 0.6 is 0 Å². The van der Waals surface area contributed by atoms with Crippen molar-refractivity contribution >= 4 is 0 Å². The predicted octanol–water partition coefficient (Wildman–Crippen LogP) is 5.06. The summed E-state index contributed by atoms with van der Waals surface area (Å²) >= 11 is 0. The fourth-order valence-electron chi connectivity index (χ4n) is 2.79. The van der Waals surface area contributed by atoms with Crippen molar-refractivity contribution < 1.29 is 0 Å². The summed E-state index contributed by atoms with van der Waals surface area (Å²) in [4.78, 5) is 0. The van der Waals surface area contributed by atoms with Crippen LogP contribution in [0.3, 0.4) is 0 Å². The first kappa shape index (κ1) is 12.9. The lowest BCUT2D eigenvalue weighted by molar-refractivity contribution is 0.445. The van der Waals surface area contributed by atoms with Gasteiger partial charge in [-0.15, -0.1) is 0 Å². The highest BCUT2D eigenvalue weighted by atomic mass is 14.2. The summed E-state index contributed by atoms with van der Waals surface area (Å²) < 4.78 is 0. The Labute approximate surface area is 111 Å². The number of rotatable bonds is 5. The van der Waals surface area contributed by atoms with Gasteiger partial charge in [0.2, 0.25) is 0 Å². The summed E-state index contributed by atoms with van der Waals surface area (Å²) in [7, 11) is 0. The molecule has 2 rings (SSSR count). The van der Waals surface area contributed by atoms with Gasteiger partial charge in [-0.25, -0.2) is 0 Å². The quantitative estimate of drug-likeness (QED) is 0.683. The van der Waals surface area contributed by atoms with Crippen LogP contribution < -0.4 is 0 Å². The van der Waals surface area contributed by atoms with Crippen LogP contribution in [0.25, 0.3) is 0 Å². The number of hydrogen-bond acceptors (Lipinski definition) is 0. The molecule has 0 nitrogen and oxygen atoms in total. The van der Waals surface area contributed by atoms with Crippen molar-refractivity contribution in [2.75, 3.05) is 0 Å². The van der Waals surface area contributed by atoms with E-state index in [0.717, 1.165) is 6.42 Å². The van der Waals surface area contributed by atoms with Crippen molar-refractivity contribution in [1.29, 1.82) is 0 Å². The van der Waals surface area contributed by atoms with Crippen LogP contribution in [0, 0.1) is 5.92 Å². The SMILES string of the molecule is CCC(c1ccccc1)C(C)Cc1ccccc1. The molecular formula is C18H22. The van der Waals surface area contributed by atoms with E-state index in [1.54, 1.807) is 0 Å². The van der Waals surface area contributed by atoms with Crippen molar-refractivity contribution in [3.63, 3.8) is 0 Å². The summed E-state index contributed by atoms with van der Waals surface area (Å²) in [5.41, 5.74) is 2.92.